The summed E-state index contributed by atoms with van der Waals surface area (Å²) in [7, 11) is 0. The second kappa shape index (κ2) is 5.26. The number of nitrogens with one attached hydrogen (secondary N) is 1. The van der Waals surface area contributed by atoms with Crippen LogP contribution in [0.25, 0.3) is 0 Å². The Morgan fingerprint density at radius 1 is 1.47 bits per heavy atom. The highest BCUT2D eigenvalue weighted by atomic mass is 15.3. The van der Waals surface area contributed by atoms with Gasteiger partial charge in [-0.25, -0.2) is 4.98 Å². The molecule has 1 saturated carbocycles. The van der Waals surface area contributed by atoms with Crippen molar-refractivity contribution in [2.75, 3.05) is 6.54 Å². The van der Waals surface area contributed by atoms with E-state index in [0.29, 0.717) is 6.04 Å². The molecule has 1 aliphatic rings. The van der Waals surface area contributed by atoms with Crippen molar-refractivity contribution in [3.8, 4) is 0 Å². The van der Waals surface area contributed by atoms with Crippen LogP contribution in [-0.4, -0.2) is 27.4 Å². The van der Waals surface area contributed by atoms with Gasteiger partial charge in [-0.1, -0.05) is 19.8 Å². The van der Waals surface area contributed by atoms with Crippen molar-refractivity contribution >= 4 is 0 Å². The number of nitrogens with zero attached hydrogens (tertiary/aromatic N) is 3. The van der Waals surface area contributed by atoms with Crippen LogP contribution in [0.5, 0.6) is 0 Å². The number of hydrogen-bond acceptors (Lipinski definition) is 3. The molecule has 1 heterocycles. The first-order chi connectivity index (χ1) is 7.40. The van der Waals surface area contributed by atoms with Crippen LogP contribution in [0.3, 0.4) is 0 Å². The predicted octanol–water partition coefficient (Wildman–Crippen LogP) is 1.45. The molecule has 1 aromatic heterocycles. The molecule has 0 spiro atoms. The van der Waals surface area contributed by atoms with Gasteiger partial charge in [-0.2, -0.15) is 5.10 Å². The lowest BCUT2D eigenvalue weighted by Crippen LogP contribution is -2.38. The van der Waals surface area contributed by atoms with E-state index in [1.165, 1.54) is 25.7 Å². The lowest BCUT2D eigenvalue weighted by molar-refractivity contribution is 0.316. The van der Waals surface area contributed by atoms with Gasteiger partial charge in [-0.15, -0.1) is 0 Å². The Morgan fingerprint density at radius 2 is 2.27 bits per heavy atom. The molecule has 84 valence electrons. The molecule has 4 nitrogen and oxygen atoms in total. The van der Waals surface area contributed by atoms with Gasteiger partial charge in [0.1, 0.15) is 12.7 Å². The van der Waals surface area contributed by atoms with Gasteiger partial charge in [0.05, 0.1) is 6.54 Å². The molecule has 1 unspecified atom stereocenters. The molecular formula is C11H20N4. The van der Waals surface area contributed by atoms with E-state index in [1.54, 1.807) is 12.7 Å². The van der Waals surface area contributed by atoms with Crippen LogP contribution < -0.4 is 5.32 Å². The van der Waals surface area contributed by atoms with Gasteiger partial charge < -0.3 is 5.32 Å². The summed E-state index contributed by atoms with van der Waals surface area (Å²) in [5, 5.41) is 7.75. The van der Waals surface area contributed by atoms with E-state index in [4.69, 9.17) is 0 Å². The predicted molar refractivity (Wildman–Crippen MR) is 59.4 cm³/mol. The normalized spacial score (nSPS) is 19.5. The number of likely N-dealkylation sites (N-methyl/N-ethyl adjacent to an activating group) is 1. The van der Waals surface area contributed by atoms with Crippen molar-refractivity contribution in [3.05, 3.63) is 12.7 Å². The van der Waals surface area contributed by atoms with Gasteiger partial charge in [-0.05, 0) is 25.3 Å². The van der Waals surface area contributed by atoms with Crippen LogP contribution >= 0.6 is 0 Å². The van der Waals surface area contributed by atoms with E-state index in [2.05, 4.69) is 22.3 Å². The molecule has 0 saturated heterocycles. The van der Waals surface area contributed by atoms with Crippen LogP contribution in [0.1, 0.15) is 32.6 Å². The highest BCUT2D eigenvalue weighted by Crippen LogP contribution is 2.28. The average Bonchev–Trinajstić information content (AvgIpc) is 2.89. The summed E-state index contributed by atoms with van der Waals surface area (Å²) in [6.07, 6.45) is 8.93. The maximum absolute atomic E-state index is 4.18. The number of hydrogen-bond donors (Lipinski definition) is 1. The maximum atomic E-state index is 4.18. The minimum absolute atomic E-state index is 0.569. The summed E-state index contributed by atoms with van der Waals surface area (Å²) in [6.45, 7) is 4.16. The largest absolute Gasteiger partial charge is 0.312 e. The zero-order chi connectivity index (χ0) is 10.5. The van der Waals surface area contributed by atoms with Crippen molar-refractivity contribution in [2.24, 2.45) is 5.92 Å². The SMILES string of the molecule is CCNC(Cn1cncn1)C1CCCC1. The third-order valence-corrected chi connectivity index (χ3v) is 3.29. The Morgan fingerprint density at radius 3 is 2.87 bits per heavy atom. The molecular weight excluding hydrogens is 188 g/mol. The molecule has 0 bridgehead atoms. The smallest absolute Gasteiger partial charge is 0.137 e. The first-order valence-corrected chi connectivity index (χ1v) is 5.96. The van der Waals surface area contributed by atoms with E-state index in [9.17, 15) is 0 Å². The van der Waals surface area contributed by atoms with Crippen molar-refractivity contribution < 1.29 is 0 Å². The van der Waals surface area contributed by atoms with Gasteiger partial charge in [0.25, 0.3) is 0 Å². The molecule has 1 aromatic rings. The molecule has 15 heavy (non-hydrogen) atoms. The quantitative estimate of drug-likeness (QED) is 0.796. The van der Waals surface area contributed by atoms with E-state index in [1.807, 2.05) is 4.68 Å². The average molecular weight is 208 g/mol. The summed E-state index contributed by atoms with van der Waals surface area (Å²) in [5.74, 6) is 0.828. The van der Waals surface area contributed by atoms with Crippen molar-refractivity contribution in [3.63, 3.8) is 0 Å². The molecule has 1 N–H and O–H groups in total. The Bertz CT molecular complexity index is 264. The Hall–Kier alpha value is -0.900. The van der Waals surface area contributed by atoms with E-state index < -0.39 is 0 Å². The van der Waals surface area contributed by atoms with Crippen LogP contribution in [0.4, 0.5) is 0 Å². The highest BCUT2D eigenvalue weighted by molar-refractivity contribution is 4.80. The van der Waals surface area contributed by atoms with Gasteiger partial charge in [0.15, 0.2) is 0 Å². The summed E-state index contributed by atoms with van der Waals surface area (Å²) >= 11 is 0. The van der Waals surface area contributed by atoms with Gasteiger partial charge >= 0.3 is 0 Å². The number of aromatic nitrogens is 3. The van der Waals surface area contributed by atoms with Crippen molar-refractivity contribution in [2.45, 2.75) is 45.2 Å². The van der Waals surface area contributed by atoms with E-state index in [-0.39, 0.29) is 0 Å². The van der Waals surface area contributed by atoms with Crippen LogP contribution in [0.2, 0.25) is 0 Å². The van der Waals surface area contributed by atoms with Gasteiger partial charge in [0.2, 0.25) is 0 Å². The molecule has 1 atom stereocenters. The van der Waals surface area contributed by atoms with Gasteiger partial charge in [0, 0.05) is 6.04 Å². The molecule has 1 aliphatic carbocycles. The van der Waals surface area contributed by atoms with Crippen molar-refractivity contribution in [1.29, 1.82) is 0 Å². The fourth-order valence-corrected chi connectivity index (χ4v) is 2.53. The fourth-order valence-electron chi connectivity index (χ4n) is 2.53. The molecule has 0 aromatic carbocycles. The molecule has 4 heteroatoms. The summed E-state index contributed by atoms with van der Waals surface area (Å²) in [5.41, 5.74) is 0. The fraction of sp³-hybridized carbons (Fsp3) is 0.818. The zero-order valence-electron chi connectivity index (χ0n) is 9.39. The lowest BCUT2D eigenvalue weighted by atomic mass is 9.98. The third kappa shape index (κ3) is 2.78. The molecule has 0 radical (unpaired) electrons. The molecule has 1 fully saturated rings. The van der Waals surface area contributed by atoms with Crippen LogP contribution in [-0.2, 0) is 6.54 Å². The van der Waals surface area contributed by atoms with Crippen LogP contribution in [0, 0.1) is 5.92 Å². The second-order valence-electron chi connectivity index (χ2n) is 4.33. The van der Waals surface area contributed by atoms with Crippen molar-refractivity contribution in [1.82, 2.24) is 20.1 Å². The second-order valence-corrected chi connectivity index (χ2v) is 4.33. The molecule has 0 amide bonds. The standard InChI is InChI=1S/C11H20N4/c1-2-13-11(10-5-3-4-6-10)7-15-9-12-8-14-15/h8-11,13H,2-7H2,1H3. The minimum Gasteiger partial charge on any atom is -0.312 e. The Kier molecular flexibility index (Phi) is 3.72. The third-order valence-electron chi connectivity index (χ3n) is 3.29. The van der Waals surface area contributed by atoms with E-state index >= 15 is 0 Å². The maximum Gasteiger partial charge on any atom is 0.137 e. The lowest BCUT2D eigenvalue weighted by Gasteiger charge is -2.23. The highest BCUT2D eigenvalue weighted by Gasteiger charge is 2.24. The topological polar surface area (TPSA) is 42.7 Å². The minimum atomic E-state index is 0.569. The first-order valence-electron chi connectivity index (χ1n) is 5.96. The summed E-state index contributed by atoms with van der Waals surface area (Å²) < 4.78 is 1.94. The Labute approximate surface area is 91.1 Å². The summed E-state index contributed by atoms with van der Waals surface area (Å²) in [6, 6.07) is 0.569. The Balaban J connectivity index is 1.93. The summed E-state index contributed by atoms with van der Waals surface area (Å²) in [4.78, 5) is 3.99. The zero-order valence-corrected chi connectivity index (χ0v) is 9.39. The van der Waals surface area contributed by atoms with E-state index in [0.717, 1.165) is 19.0 Å². The molecule has 2 rings (SSSR count). The van der Waals surface area contributed by atoms with Crippen LogP contribution in [0.15, 0.2) is 12.7 Å². The monoisotopic (exact) mass is 208 g/mol. The van der Waals surface area contributed by atoms with Gasteiger partial charge in [-0.3, -0.25) is 4.68 Å². The first kappa shape index (κ1) is 10.6. The number of rotatable bonds is 5. The molecule has 0 aliphatic heterocycles.